The lowest BCUT2D eigenvalue weighted by molar-refractivity contribution is 0.573. The second-order valence-electron chi connectivity index (χ2n) is 4.79. The summed E-state index contributed by atoms with van der Waals surface area (Å²) in [7, 11) is 0. The number of tetrazole rings is 1. The van der Waals surface area contributed by atoms with E-state index in [9.17, 15) is 0 Å². The van der Waals surface area contributed by atoms with Gasteiger partial charge in [-0.05, 0) is 29.8 Å². The summed E-state index contributed by atoms with van der Waals surface area (Å²) in [5.74, 6) is 0.472. The molecule has 0 spiro atoms. The summed E-state index contributed by atoms with van der Waals surface area (Å²) in [6.45, 7) is 2.61. The largest absolute Gasteiger partial charge is 0.206 e. The lowest BCUT2D eigenvalue weighted by Crippen LogP contribution is -2.04. The van der Waals surface area contributed by atoms with Crippen LogP contribution in [0, 0.1) is 18.3 Å². The van der Waals surface area contributed by atoms with Crippen molar-refractivity contribution in [1.82, 2.24) is 20.2 Å². The molecular weight excluding hydrogens is 262 g/mol. The predicted molar refractivity (Wildman–Crippen MR) is 78.2 cm³/mol. The van der Waals surface area contributed by atoms with Gasteiger partial charge in [0.05, 0.1) is 18.2 Å². The summed E-state index contributed by atoms with van der Waals surface area (Å²) in [6, 6.07) is 17.6. The first-order chi connectivity index (χ1) is 10.3. The van der Waals surface area contributed by atoms with E-state index in [-0.39, 0.29) is 0 Å². The fraction of sp³-hybridized carbons (Fsp3) is 0.125. The van der Waals surface area contributed by atoms with Gasteiger partial charge in [0.2, 0.25) is 5.82 Å². The monoisotopic (exact) mass is 275 g/mol. The van der Waals surface area contributed by atoms with Crippen LogP contribution in [0.25, 0.3) is 11.4 Å². The van der Waals surface area contributed by atoms with Gasteiger partial charge in [0.25, 0.3) is 0 Å². The molecule has 3 aromatic rings. The zero-order chi connectivity index (χ0) is 14.7. The molecule has 0 saturated heterocycles. The number of benzene rings is 2. The van der Waals surface area contributed by atoms with Gasteiger partial charge in [-0.1, -0.05) is 42.0 Å². The Morgan fingerprint density at radius 1 is 1.10 bits per heavy atom. The number of nitriles is 1. The van der Waals surface area contributed by atoms with Gasteiger partial charge in [0.15, 0.2) is 0 Å². The van der Waals surface area contributed by atoms with E-state index in [4.69, 9.17) is 5.26 Å². The molecule has 5 nitrogen and oxygen atoms in total. The van der Waals surface area contributed by atoms with Crippen LogP contribution >= 0.6 is 0 Å². The summed E-state index contributed by atoms with van der Waals surface area (Å²) < 4.78 is 0. The lowest BCUT2D eigenvalue weighted by atomic mass is 10.1. The Morgan fingerprint density at radius 2 is 1.86 bits per heavy atom. The highest BCUT2D eigenvalue weighted by Crippen LogP contribution is 2.18. The van der Waals surface area contributed by atoms with Crippen molar-refractivity contribution in [3.05, 3.63) is 65.2 Å². The zero-order valence-electron chi connectivity index (χ0n) is 11.6. The Bertz CT molecular complexity index is 796. The molecule has 0 fully saturated rings. The van der Waals surface area contributed by atoms with Crippen LogP contribution in [-0.4, -0.2) is 20.2 Å². The fourth-order valence-electron chi connectivity index (χ4n) is 2.05. The van der Waals surface area contributed by atoms with Gasteiger partial charge in [0, 0.05) is 5.56 Å². The highest BCUT2D eigenvalue weighted by Gasteiger charge is 2.10. The minimum atomic E-state index is 0.472. The molecule has 1 aromatic heterocycles. The highest BCUT2D eigenvalue weighted by atomic mass is 15.6. The van der Waals surface area contributed by atoms with E-state index in [0.717, 1.165) is 5.56 Å². The molecule has 1 heterocycles. The smallest absolute Gasteiger partial charge is 0.192 e. The Morgan fingerprint density at radius 3 is 2.62 bits per heavy atom. The first kappa shape index (κ1) is 13.0. The van der Waals surface area contributed by atoms with Crippen LogP contribution in [0.1, 0.15) is 16.7 Å². The van der Waals surface area contributed by atoms with Gasteiger partial charge in [-0.15, -0.1) is 10.2 Å². The normalized spacial score (nSPS) is 10.3. The van der Waals surface area contributed by atoms with Crippen molar-refractivity contribution in [2.75, 3.05) is 0 Å². The Labute approximate surface area is 122 Å². The summed E-state index contributed by atoms with van der Waals surface area (Å²) in [6.07, 6.45) is 0. The number of aryl methyl sites for hydroxylation is 1. The molecule has 0 radical (unpaired) electrons. The van der Waals surface area contributed by atoms with E-state index < -0.39 is 0 Å². The molecule has 21 heavy (non-hydrogen) atoms. The van der Waals surface area contributed by atoms with Crippen molar-refractivity contribution < 1.29 is 0 Å². The minimum absolute atomic E-state index is 0.472. The molecule has 0 aliphatic rings. The summed E-state index contributed by atoms with van der Waals surface area (Å²) >= 11 is 0. The third-order valence-corrected chi connectivity index (χ3v) is 3.19. The third-order valence-electron chi connectivity index (χ3n) is 3.19. The quantitative estimate of drug-likeness (QED) is 0.736. The van der Waals surface area contributed by atoms with Crippen molar-refractivity contribution >= 4 is 0 Å². The fourth-order valence-corrected chi connectivity index (χ4v) is 2.05. The minimum Gasteiger partial charge on any atom is -0.192 e. The van der Waals surface area contributed by atoms with Crippen LogP contribution in [0.2, 0.25) is 0 Å². The van der Waals surface area contributed by atoms with Crippen molar-refractivity contribution in [3.8, 4) is 17.5 Å². The van der Waals surface area contributed by atoms with Crippen LogP contribution in [0.4, 0.5) is 0 Å². The predicted octanol–water partition coefficient (Wildman–Crippen LogP) is 2.57. The molecule has 0 amide bonds. The topological polar surface area (TPSA) is 67.4 Å². The maximum atomic E-state index is 9.11. The molecule has 3 rings (SSSR count). The van der Waals surface area contributed by atoms with E-state index >= 15 is 0 Å². The van der Waals surface area contributed by atoms with Gasteiger partial charge >= 0.3 is 0 Å². The highest BCUT2D eigenvalue weighted by molar-refractivity contribution is 5.63. The van der Waals surface area contributed by atoms with Gasteiger partial charge in [-0.3, -0.25) is 0 Å². The van der Waals surface area contributed by atoms with Gasteiger partial charge in [-0.25, -0.2) is 0 Å². The summed E-state index contributed by atoms with van der Waals surface area (Å²) in [4.78, 5) is 1.54. The van der Waals surface area contributed by atoms with Gasteiger partial charge in [-0.2, -0.15) is 10.1 Å². The van der Waals surface area contributed by atoms with E-state index in [2.05, 4.69) is 40.5 Å². The molecule has 0 aliphatic carbocycles. The van der Waals surface area contributed by atoms with Gasteiger partial charge in [0.1, 0.15) is 0 Å². The third kappa shape index (κ3) is 2.79. The van der Waals surface area contributed by atoms with Crippen molar-refractivity contribution in [2.45, 2.75) is 13.5 Å². The molecule has 5 heteroatoms. The Hall–Kier alpha value is -3.00. The second kappa shape index (κ2) is 5.55. The molecule has 0 saturated carbocycles. The number of hydrogen-bond acceptors (Lipinski definition) is 4. The number of rotatable bonds is 3. The molecule has 0 unspecified atom stereocenters. The standard InChI is InChI=1S/C16H13N5/c1-12-6-8-13(9-7-12)11-21-19-16(18-20-21)15-5-3-2-4-14(15)10-17/h2-9H,11H2,1H3. The number of hydrogen-bond donors (Lipinski definition) is 0. The first-order valence-corrected chi connectivity index (χ1v) is 6.59. The molecular formula is C16H13N5. The maximum Gasteiger partial charge on any atom is 0.206 e. The number of nitrogens with zero attached hydrogens (tertiary/aromatic N) is 5. The number of aromatic nitrogens is 4. The van der Waals surface area contributed by atoms with Crippen LogP contribution in [0.5, 0.6) is 0 Å². The van der Waals surface area contributed by atoms with Crippen molar-refractivity contribution in [2.24, 2.45) is 0 Å². The van der Waals surface area contributed by atoms with Crippen LogP contribution in [0.3, 0.4) is 0 Å². The van der Waals surface area contributed by atoms with Crippen LogP contribution in [0.15, 0.2) is 48.5 Å². The summed E-state index contributed by atoms with van der Waals surface area (Å²) in [5.41, 5.74) is 3.58. The van der Waals surface area contributed by atoms with E-state index in [0.29, 0.717) is 23.5 Å². The lowest BCUT2D eigenvalue weighted by Gasteiger charge is -2.00. The Kier molecular flexibility index (Phi) is 3.44. The molecule has 0 N–H and O–H groups in total. The Balaban J connectivity index is 1.87. The second-order valence-corrected chi connectivity index (χ2v) is 4.79. The van der Waals surface area contributed by atoms with Crippen molar-refractivity contribution in [3.63, 3.8) is 0 Å². The summed E-state index contributed by atoms with van der Waals surface area (Å²) in [5, 5.41) is 21.6. The maximum absolute atomic E-state index is 9.11. The molecule has 102 valence electrons. The average Bonchev–Trinajstić information content (AvgIpc) is 2.98. The van der Waals surface area contributed by atoms with E-state index in [1.165, 1.54) is 10.4 Å². The molecule has 0 aliphatic heterocycles. The van der Waals surface area contributed by atoms with E-state index in [1.807, 2.05) is 30.3 Å². The molecule has 2 aromatic carbocycles. The van der Waals surface area contributed by atoms with Crippen LogP contribution < -0.4 is 0 Å². The van der Waals surface area contributed by atoms with Gasteiger partial charge < -0.3 is 0 Å². The van der Waals surface area contributed by atoms with Crippen molar-refractivity contribution in [1.29, 1.82) is 5.26 Å². The molecule has 0 atom stereocenters. The zero-order valence-corrected chi connectivity index (χ0v) is 11.6. The molecule has 0 bridgehead atoms. The van der Waals surface area contributed by atoms with E-state index in [1.54, 1.807) is 6.07 Å². The van der Waals surface area contributed by atoms with Crippen LogP contribution in [-0.2, 0) is 6.54 Å². The average molecular weight is 275 g/mol. The SMILES string of the molecule is Cc1ccc(Cn2nnc(-c3ccccc3C#N)n2)cc1. The first-order valence-electron chi connectivity index (χ1n) is 6.59.